The molecule has 1 aliphatic carbocycles. The number of hydrogen-bond donors (Lipinski definition) is 0. The molecule has 0 N–H and O–H groups in total. The van der Waals surface area contributed by atoms with E-state index >= 15 is 0 Å². The van der Waals surface area contributed by atoms with Gasteiger partial charge in [-0.1, -0.05) is 41.9 Å². The molecule has 92 valence electrons. The van der Waals surface area contributed by atoms with Gasteiger partial charge in [-0.25, -0.2) is 9.97 Å². The Balaban J connectivity index is 1.93. The van der Waals surface area contributed by atoms with Crippen LogP contribution >= 0.6 is 27.5 Å². The van der Waals surface area contributed by atoms with E-state index in [-0.39, 0.29) is 0 Å². The number of nitrogens with zero attached hydrogens (tertiary/aromatic N) is 2. The number of aromatic nitrogens is 2. The van der Waals surface area contributed by atoms with Gasteiger partial charge < -0.3 is 0 Å². The lowest BCUT2D eigenvalue weighted by atomic mass is 10.1. The van der Waals surface area contributed by atoms with Gasteiger partial charge in [-0.3, -0.25) is 0 Å². The van der Waals surface area contributed by atoms with Crippen molar-refractivity contribution < 1.29 is 0 Å². The highest BCUT2D eigenvalue weighted by Gasteiger charge is 2.29. The van der Waals surface area contributed by atoms with Crippen molar-refractivity contribution in [3.05, 3.63) is 57.0 Å². The summed E-state index contributed by atoms with van der Waals surface area (Å²) in [5.74, 6) is 1.37. The van der Waals surface area contributed by atoms with E-state index in [2.05, 4.69) is 38.0 Å². The quantitative estimate of drug-likeness (QED) is 0.784. The second-order valence-corrected chi connectivity index (χ2v) is 5.72. The van der Waals surface area contributed by atoms with Crippen LogP contribution in [-0.4, -0.2) is 9.97 Å². The fraction of sp³-hybridized carbons (Fsp3) is 0.286. The molecular weight excluding hydrogens is 312 g/mol. The summed E-state index contributed by atoms with van der Waals surface area (Å²) in [6.07, 6.45) is 3.14. The Hall–Kier alpha value is -0.930. The van der Waals surface area contributed by atoms with Crippen LogP contribution in [-0.2, 0) is 6.42 Å². The fourth-order valence-electron chi connectivity index (χ4n) is 1.97. The summed E-state index contributed by atoms with van der Waals surface area (Å²) in [5.41, 5.74) is 2.28. The average Bonchev–Trinajstić information content (AvgIpc) is 3.19. The second kappa shape index (κ2) is 4.98. The van der Waals surface area contributed by atoms with Crippen LogP contribution in [0.5, 0.6) is 0 Å². The predicted molar refractivity (Wildman–Crippen MR) is 76.0 cm³/mol. The summed E-state index contributed by atoms with van der Waals surface area (Å²) in [6.45, 7) is 0. The van der Waals surface area contributed by atoms with Crippen molar-refractivity contribution in [1.29, 1.82) is 0 Å². The van der Waals surface area contributed by atoms with E-state index in [1.165, 1.54) is 18.4 Å². The molecule has 1 aromatic carbocycles. The smallest absolute Gasteiger partial charge is 0.147 e. The Kier molecular flexibility index (Phi) is 3.35. The van der Waals surface area contributed by atoms with Crippen molar-refractivity contribution in [1.82, 2.24) is 9.97 Å². The first-order valence-corrected chi connectivity index (χ1v) is 7.17. The maximum absolute atomic E-state index is 6.16. The molecule has 0 aliphatic heterocycles. The molecule has 0 unspecified atom stereocenters. The number of halogens is 2. The third kappa shape index (κ3) is 2.57. The molecule has 1 saturated carbocycles. The van der Waals surface area contributed by atoms with Gasteiger partial charge in [0.05, 0.1) is 10.2 Å². The molecular formula is C14H12BrClN2. The van der Waals surface area contributed by atoms with Crippen LogP contribution in [0.2, 0.25) is 5.15 Å². The molecule has 0 atom stereocenters. The first kappa shape index (κ1) is 12.1. The highest BCUT2D eigenvalue weighted by atomic mass is 79.9. The van der Waals surface area contributed by atoms with Crippen LogP contribution in [0.25, 0.3) is 0 Å². The zero-order valence-corrected chi connectivity index (χ0v) is 12.1. The Morgan fingerprint density at radius 1 is 1.17 bits per heavy atom. The van der Waals surface area contributed by atoms with E-state index in [0.29, 0.717) is 11.1 Å². The fourth-order valence-corrected chi connectivity index (χ4v) is 2.66. The lowest BCUT2D eigenvalue weighted by molar-refractivity contribution is 0.890. The summed E-state index contributed by atoms with van der Waals surface area (Å²) >= 11 is 9.64. The molecule has 1 aromatic heterocycles. The standard InChI is InChI=1S/C14H12BrClN2/c15-12-13(10-6-7-10)17-11(18-14(12)16)8-9-4-2-1-3-5-9/h1-5,10H,6-8H2. The van der Waals surface area contributed by atoms with Gasteiger partial charge in [0.15, 0.2) is 0 Å². The van der Waals surface area contributed by atoms with Gasteiger partial charge in [0.2, 0.25) is 0 Å². The third-order valence-electron chi connectivity index (χ3n) is 3.05. The largest absolute Gasteiger partial charge is 0.236 e. The minimum Gasteiger partial charge on any atom is -0.236 e. The van der Waals surface area contributed by atoms with E-state index in [1.54, 1.807) is 0 Å². The van der Waals surface area contributed by atoms with Crippen LogP contribution in [0.3, 0.4) is 0 Å². The van der Waals surface area contributed by atoms with Crippen molar-refractivity contribution in [3.8, 4) is 0 Å². The molecule has 2 nitrogen and oxygen atoms in total. The molecule has 1 heterocycles. The molecule has 2 aromatic rings. The monoisotopic (exact) mass is 322 g/mol. The van der Waals surface area contributed by atoms with E-state index in [0.717, 1.165) is 22.4 Å². The van der Waals surface area contributed by atoms with E-state index in [4.69, 9.17) is 11.6 Å². The second-order valence-electron chi connectivity index (χ2n) is 4.57. The van der Waals surface area contributed by atoms with E-state index in [1.807, 2.05) is 18.2 Å². The molecule has 18 heavy (non-hydrogen) atoms. The predicted octanol–water partition coefficient (Wildman–Crippen LogP) is 4.36. The van der Waals surface area contributed by atoms with Crippen LogP contribution < -0.4 is 0 Å². The van der Waals surface area contributed by atoms with Crippen molar-refractivity contribution >= 4 is 27.5 Å². The van der Waals surface area contributed by atoms with Crippen molar-refractivity contribution in [2.24, 2.45) is 0 Å². The molecule has 4 heteroatoms. The van der Waals surface area contributed by atoms with E-state index < -0.39 is 0 Å². The Morgan fingerprint density at radius 2 is 1.89 bits per heavy atom. The molecule has 3 rings (SSSR count). The Labute approximate surface area is 120 Å². The van der Waals surface area contributed by atoms with Gasteiger partial charge in [0.25, 0.3) is 0 Å². The van der Waals surface area contributed by atoms with Gasteiger partial charge in [-0.05, 0) is 34.3 Å². The molecule has 0 radical (unpaired) electrons. The van der Waals surface area contributed by atoms with E-state index in [9.17, 15) is 0 Å². The molecule has 1 aliphatic rings. The average molecular weight is 324 g/mol. The van der Waals surface area contributed by atoms with Crippen molar-refractivity contribution in [3.63, 3.8) is 0 Å². The SMILES string of the molecule is Clc1nc(Cc2ccccc2)nc(C2CC2)c1Br. The van der Waals surface area contributed by atoms with Crippen LogP contribution in [0.15, 0.2) is 34.8 Å². The number of hydrogen-bond acceptors (Lipinski definition) is 2. The maximum Gasteiger partial charge on any atom is 0.147 e. The minimum atomic E-state index is 0.526. The van der Waals surface area contributed by atoms with Gasteiger partial charge >= 0.3 is 0 Å². The number of rotatable bonds is 3. The van der Waals surface area contributed by atoms with Crippen molar-refractivity contribution in [2.45, 2.75) is 25.2 Å². The highest BCUT2D eigenvalue weighted by Crippen LogP contribution is 2.43. The minimum absolute atomic E-state index is 0.526. The van der Waals surface area contributed by atoms with Crippen LogP contribution in [0.1, 0.15) is 35.8 Å². The van der Waals surface area contributed by atoms with Gasteiger partial charge in [0.1, 0.15) is 11.0 Å². The summed E-state index contributed by atoms with van der Waals surface area (Å²) in [4.78, 5) is 8.99. The lowest BCUT2D eigenvalue weighted by Crippen LogP contribution is -2.02. The third-order valence-corrected chi connectivity index (χ3v) is 4.34. The maximum atomic E-state index is 6.16. The van der Waals surface area contributed by atoms with Gasteiger partial charge in [-0.2, -0.15) is 0 Å². The molecule has 0 bridgehead atoms. The Bertz CT molecular complexity index is 568. The summed E-state index contributed by atoms with van der Waals surface area (Å²) in [6, 6.07) is 10.2. The highest BCUT2D eigenvalue weighted by molar-refractivity contribution is 9.10. The first-order valence-electron chi connectivity index (χ1n) is 6.00. The molecule has 0 saturated heterocycles. The van der Waals surface area contributed by atoms with Gasteiger partial charge in [-0.15, -0.1) is 0 Å². The summed E-state index contributed by atoms with van der Waals surface area (Å²) < 4.78 is 0.864. The zero-order valence-electron chi connectivity index (χ0n) is 9.74. The van der Waals surface area contributed by atoms with Crippen molar-refractivity contribution in [2.75, 3.05) is 0 Å². The summed E-state index contributed by atoms with van der Waals surface area (Å²) in [5, 5.41) is 0.526. The number of benzene rings is 1. The molecule has 0 amide bonds. The zero-order chi connectivity index (χ0) is 12.5. The van der Waals surface area contributed by atoms with Crippen LogP contribution in [0, 0.1) is 0 Å². The topological polar surface area (TPSA) is 25.8 Å². The van der Waals surface area contributed by atoms with Gasteiger partial charge in [0, 0.05) is 12.3 Å². The first-order chi connectivity index (χ1) is 8.74. The lowest BCUT2D eigenvalue weighted by Gasteiger charge is -2.07. The Morgan fingerprint density at radius 3 is 2.56 bits per heavy atom. The summed E-state index contributed by atoms with van der Waals surface area (Å²) in [7, 11) is 0. The van der Waals surface area contributed by atoms with Crippen LogP contribution in [0.4, 0.5) is 0 Å². The molecule has 0 spiro atoms. The molecule has 1 fully saturated rings. The normalized spacial score (nSPS) is 14.8.